The fourth-order valence-corrected chi connectivity index (χ4v) is 3.20. The zero-order chi connectivity index (χ0) is 20.0. The number of carbonyl (C=O) groups is 2. The number of benzene rings is 1. The number of ether oxygens (including phenoxy) is 1. The van der Waals surface area contributed by atoms with E-state index in [0.29, 0.717) is 18.8 Å². The molecule has 2 rings (SSSR count). The fourth-order valence-electron chi connectivity index (χ4n) is 2.99. The van der Waals surface area contributed by atoms with Crippen molar-refractivity contribution in [1.29, 1.82) is 0 Å². The first kappa shape index (κ1) is 21.4. The van der Waals surface area contributed by atoms with Gasteiger partial charge in [-0.05, 0) is 64.3 Å². The molecule has 1 atom stereocenters. The van der Waals surface area contributed by atoms with Crippen LogP contribution in [-0.2, 0) is 9.53 Å². The van der Waals surface area contributed by atoms with Crippen LogP contribution in [0.15, 0.2) is 18.2 Å². The number of amides is 2. The number of hydrogen-bond donors (Lipinski definition) is 2. The summed E-state index contributed by atoms with van der Waals surface area (Å²) in [4.78, 5) is 26.1. The number of alkyl carbamates (subject to hydrolysis) is 1. The van der Waals surface area contributed by atoms with Crippen molar-refractivity contribution < 1.29 is 18.7 Å². The number of rotatable bonds is 5. The first-order valence-corrected chi connectivity index (χ1v) is 9.44. The van der Waals surface area contributed by atoms with Gasteiger partial charge in [-0.3, -0.25) is 9.69 Å². The average Bonchev–Trinajstić information content (AvgIpc) is 2.54. The van der Waals surface area contributed by atoms with Gasteiger partial charge in [0.25, 0.3) is 0 Å². The van der Waals surface area contributed by atoms with Crippen molar-refractivity contribution in [3.8, 4) is 0 Å². The van der Waals surface area contributed by atoms with E-state index in [1.54, 1.807) is 0 Å². The average molecular weight is 400 g/mol. The van der Waals surface area contributed by atoms with E-state index in [-0.39, 0.29) is 23.4 Å². The van der Waals surface area contributed by atoms with E-state index in [1.165, 1.54) is 12.1 Å². The van der Waals surface area contributed by atoms with Crippen molar-refractivity contribution in [3.63, 3.8) is 0 Å². The molecule has 1 fully saturated rings. The monoisotopic (exact) mass is 399 g/mol. The van der Waals surface area contributed by atoms with Crippen molar-refractivity contribution >= 4 is 29.3 Å². The van der Waals surface area contributed by atoms with E-state index in [9.17, 15) is 14.0 Å². The van der Waals surface area contributed by atoms with Crippen molar-refractivity contribution in [2.75, 3.05) is 31.5 Å². The Morgan fingerprint density at radius 2 is 2.11 bits per heavy atom. The second kappa shape index (κ2) is 9.37. The van der Waals surface area contributed by atoms with E-state index in [2.05, 4.69) is 10.6 Å². The first-order chi connectivity index (χ1) is 12.6. The lowest BCUT2D eigenvalue weighted by atomic mass is 9.98. The van der Waals surface area contributed by atoms with Crippen molar-refractivity contribution in [3.05, 3.63) is 29.0 Å². The maximum atomic E-state index is 13.1. The summed E-state index contributed by atoms with van der Waals surface area (Å²) in [6, 6.07) is 3.86. The molecule has 2 amide bonds. The molecule has 0 aromatic heterocycles. The molecule has 27 heavy (non-hydrogen) atoms. The van der Waals surface area contributed by atoms with Crippen LogP contribution in [-0.4, -0.2) is 48.7 Å². The second-order valence-electron chi connectivity index (χ2n) is 7.80. The molecule has 0 aliphatic carbocycles. The number of likely N-dealkylation sites (tertiary alicyclic amines) is 1. The number of anilines is 1. The van der Waals surface area contributed by atoms with E-state index >= 15 is 0 Å². The highest BCUT2D eigenvalue weighted by Gasteiger charge is 2.23. The van der Waals surface area contributed by atoms with Crippen LogP contribution in [0.25, 0.3) is 0 Å². The van der Waals surface area contributed by atoms with Gasteiger partial charge >= 0.3 is 6.09 Å². The van der Waals surface area contributed by atoms with Crippen LogP contribution >= 0.6 is 11.6 Å². The lowest BCUT2D eigenvalue weighted by Crippen LogP contribution is -2.44. The third kappa shape index (κ3) is 7.72. The summed E-state index contributed by atoms with van der Waals surface area (Å²) in [5, 5.41) is 5.67. The summed E-state index contributed by atoms with van der Waals surface area (Å²) in [5.41, 5.74) is -0.134. The summed E-state index contributed by atoms with van der Waals surface area (Å²) >= 11 is 5.94. The van der Waals surface area contributed by atoms with E-state index in [4.69, 9.17) is 16.3 Å². The zero-order valence-corrected chi connectivity index (χ0v) is 16.7. The number of halogens is 2. The minimum Gasteiger partial charge on any atom is -0.444 e. The Balaban J connectivity index is 1.78. The van der Waals surface area contributed by atoms with Gasteiger partial charge in [-0.25, -0.2) is 9.18 Å². The van der Waals surface area contributed by atoms with Gasteiger partial charge in [0, 0.05) is 13.1 Å². The number of carbonyl (C=O) groups excluding carboxylic acids is 2. The Bertz CT molecular complexity index is 679. The Kier molecular flexibility index (Phi) is 7.44. The molecule has 1 unspecified atom stereocenters. The number of nitrogens with zero attached hydrogens (tertiary/aromatic N) is 1. The summed E-state index contributed by atoms with van der Waals surface area (Å²) in [7, 11) is 0. The van der Waals surface area contributed by atoms with Gasteiger partial charge in [-0.2, -0.15) is 0 Å². The Labute approximate surface area is 164 Å². The minimum atomic E-state index is -0.525. The SMILES string of the molecule is CC(C)(C)OC(=O)NCC1CCCN(CC(=O)Nc2ccc(F)cc2Cl)C1. The summed E-state index contributed by atoms with van der Waals surface area (Å²) in [6.07, 6.45) is 1.51. The van der Waals surface area contributed by atoms with Gasteiger partial charge in [0.2, 0.25) is 5.91 Å². The smallest absolute Gasteiger partial charge is 0.407 e. The van der Waals surface area contributed by atoms with Gasteiger partial charge in [-0.1, -0.05) is 11.6 Å². The lowest BCUT2D eigenvalue weighted by Gasteiger charge is -2.32. The highest BCUT2D eigenvalue weighted by molar-refractivity contribution is 6.33. The molecule has 0 spiro atoms. The number of piperidine rings is 1. The van der Waals surface area contributed by atoms with Crippen molar-refractivity contribution in [2.45, 2.75) is 39.2 Å². The molecule has 0 saturated carbocycles. The topological polar surface area (TPSA) is 70.7 Å². The minimum absolute atomic E-state index is 0.168. The van der Waals surface area contributed by atoms with Crippen molar-refractivity contribution in [1.82, 2.24) is 10.2 Å². The van der Waals surface area contributed by atoms with Gasteiger partial charge in [0.15, 0.2) is 0 Å². The number of nitrogens with one attached hydrogen (secondary N) is 2. The van der Waals surface area contributed by atoms with Crippen LogP contribution in [0.1, 0.15) is 33.6 Å². The van der Waals surface area contributed by atoms with Crippen LogP contribution in [0.2, 0.25) is 5.02 Å². The fraction of sp³-hybridized carbons (Fsp3) is 0.579. The molecule has 0 bridgehead atoms. The van der Waals surface area contributed by atoms with E-state index in [0.717, 1.165) is 25.5 Å². The molecule has 1 heterocycles. The zero-order valence-electron chi connectivity index (χ0n) is 16.0. The molecule has 150 valence electrons. The van der Waals surface area contributed by atoms with Crippen LogP contribution < -0.4 is 10.6 Å². The molecule has 2 N–H and O–H groups in total. The lowest BCUT2D eigenvalue weighted by molar-refractivity contribution is -0.117. The predicted octanol–water partition coefficient (Wildman–Crippen LogP) is 3.65. The predicted molar refractivity (Wildman–Crippen MR) is 103 cm³/mol. The Morgan fingerprint density at radius 1 is 1.37 bits per heavy atom. The quantitative estimate of drug-likeness (QED) is 0.792. The largest absolute Gasteiger partial charge is 0.444 e. The Hall–Kier alpha value is -1.86. The molecular formula is C19H27ClFN3O3. The first-order valence-electron chi connectivity index (χ1n) is 9.06. The van der Waals surface area contributed by atoms with E-state index in [1.807, 2.05) is 25.7 Å². The number of hydrogen-bond acceptors (Lipinski definition) is 4. The molecule has 1 aliphatic rings. The normalized spacial score (nSPS) is 18.0. The van der Waals surface area contributed by atoms with Gasteiger partial charge in [-0.15, -0.1) is 0 Å². The maximum Gasteiger partial charge on any atom is 0.407 e. The molecule has 1 aromatic carbocycles. The van der Waals surface area contributed by atoms with Crippen LogP contribution in [0, 0.1) is 11.7 Å². The third-order valence-electron chi connectivity index (χ3n) is 4.11. The highest BCUT2D eigenvalue weighted by atomic mass is 35.5. The third-order valence-corrected chi connectivity index (χ3v) is 4.42. The van der Waals surface area contributed by atoms with Crippen LogP contribution in [0.5, 0.6) is 0 Å². The van der Waals surface area contributed by atoms with Gasteiger partial charge < -0.3 is 15.4 Å². The highest BCUT2D eigenvalue weighted by Crippen LogP contribution is 2.22. The molecule has 1 aromatic rings. The molecule has 0 radical (unpaired) electrons. The van der Waals surface area contributed by atoms with Gasteiger partial charge in [0.1, 0.15) is 11.4 Å². The molecule has 6 nitrogen and oxygen atoms in total. The summed E-state index contributed by atoms with van der Waals surface area (Å²) < 4.78 is 18.3. The molecule has 1 saturated heterocycles. The standard InChI is InChI=1S/C19H27ClFN3O3/c1-19(2,3)27-18(26)22-10-13-5-4-8-24(11-13)12-17(25)23-16-7-6-14(21)9-15(16)20/h6-7,9,13H,4-5,8,10-12H2,1-3H3,(H,22,26)(H,23,25). The Morgan fingerprint density at radius 3 is 2.78 bits per heavy atom. The summed E-state index contributed by atoms with van der Waals surface area (Å²) in [6.45, 7) is 7.71. The van der Waals surface area contributed by atoms with Crippen LogP contribution in [0.4, 0.5) is 14.9 Å². The summed E-state index contributed by atoms with van der Waals surface area (Å²) in [5.74, 6) is -0.396. The molecule has 1 aliphatic heterocycles. The van der Waals surface area contributed by atoms with E-state index < -0.39 is 17.5 Å². The van der Waals surface area contributed by atoms with Gasteiger partial charge in [0.05, 0.1) is 17.3 Å². The maximum absolute atomic E-state index is 13.1. The molecule has 8 heteroatoms. The van der Waals surface area contributed by atoms with Crippen molar-refractivity contribution in [2.24, 2.45) is 5.92 Å². The molecular weight excluding hydrogens is 373 g/mol. The van der Waals surface area contributed by atoms with Crippen LogP contribution in [0.3, 0.4) is 0 Å². The second-order valence-corrected chi connectivity index (χ2v) is 8.21.